The average molecular weight is 445 g/mol. The summed E-state index contributed by atoms with van der Waals surface area (Å²) in [7, 11) is 3.89. The molecule has 1 heterocycles. The van der Waals surface area contributed by atoms with Crippen LogP contribution in [0.2, 0.25) is 0 Å². The molecular weight excluding hydrogens is 420 g/mol. The van der Waals surface area contributed by atoms with Crippen LogP contribution in [0.15, 0.2) is 88.7 Å². The van der Waals surface area contributed by atoms with Crippen LogP contribution in [-0.2, 0) is 9.59 Å². The van der Waals surface area contributed by atoms with E-state index < -0.39 is 0 Å². The molecule has 0 spiro atoms. The van der Waals surface area contributed by atoms with Gasteiger partial charge in [-0.05, 0) is 61.0 Å². The van der Waals surface area contributed by atoms with Crippen molar-refractivity contribution in [1.29, 1.82) is 0 Å². The number of benzene rings is 3. The normalized spacial score (nSPS) is 13.7. The highest BCUT2D eigenvalue weighted by Gasteiger charge is 2.40. The van der Waals surface area contributed by atoms with Gasteiger partial charge >= 0.3 is 0 Å². The van der Waals surface area contributed by atoms with Crippen molar-refractivity contribution in [2.75, 3.05) is 30.5 Å². The summed E-state index contributed by atoms with van der Waals surface area (Å²) >= 11 is 1.32. The summed E-state index contributed by atoms with van der Waals surface area (Å²) in [5.74, 6) is 0.0857. The highest BCUT2D eigenvalue weighted by Crippen LogP contribution is 2.41. The molecule has 0 aromatic heterocycles. The van der Waals surface area contributed by atoms with Crippen LogP contribution in [-0.4, -0.2) is 32.5 Å². The fourth-order valence-corrected chi connectivity index (χ4v) is 4.50. The van der Waals surface area contributed by atoms with Crippen LogP contribution in [0.25, 0.3) is 5.57 Å². The lowest BCUT2D eigenvalue weighted by Crippen LogP contribution is -2.31. The summed E-state index contributed by atoms with van der Waals surface area (Å²) < 4.78 is 5.53. The SMILES string of the molecule is CCOc1ccc(C2=C(Sc3ccccc3)C(=O)N(c3ccc(N(C)C)cc3)C2=O)cc1. The lowest BCUT2D eigenvalue weighted by atomic mass is 10.1. The molecule has 0 atom stereocenters. The van der Waals surface area contributed by atoms with Crippen LogP contribution in [0, 0.1) is 0 Å². The minimum atomic E-state index is -0.324. The lowest BCUT2D eigenvalue weighted by Gasteiger charge is -2.18. The second-order valence-corrected chi connectivity index (χ2v) is 8.52. The Hall–Kier alpha value is -3.51. The molecule has 0 fully saturated rings. The highest BCUT2D eigenvalue weighted by atomic mass is 32.2. The molecule has 1 aliphatic heterocycles. The van der Waals surface area contributed by atoms with Crippen molar-refractivity contribution in [3.05, 3.63) is 89.3 Å². The van der Waals surface area contributed by atoms with Crippen molar-refractivity contribution in [1.82, 2.24) is 0 Å². The fraction of sp³-hybridized carbons (Fsp3) is 0.154. The summed E-state index contributed by atoms with van der Waals surface area (Å²) in [6, 6.07) is 24.3. The zero-order chi connectivity index (χ0) is 22.7. The number of amides is 2. The quantitative estimate of drug-likeness (QED) is 0.467. The topological polar surface area (TPSA) is 49.9 Å². The van der Waals surface area contributed by atoms with Gasteiger partial charge < -0.3 is 9.64 Å². The molecule has 0 saturated heterocycles. The molecule has 0 saturated carbocycles. The Morgan fingerprint density at radius 1 is 0.844 bits per heavy atom. The number of carbonyl (C=O) groups is 2. The first kappa shape index (κ1) is 21.7. The third kappa shape index (κ3) is 4.27. The summed E-state index contributed by atoms with van der Waals surface area (Å²) in [5.41, 5.74) is 2.64. The largest absolute Gasteiger partial charge is 0.494 e. The Kier molecular flexibility index (Phi) is 6.32. The molecule has 32 heavy (non-hydrogen) atoms. The van der Waals surface area contributed by atoms with Gasteiger partial charge in [-0.15, -0.1) is 0 Å². The molecule has 6 heteroatoms. The molecule has 2 amide bonds. The van der Waals surface area contributed by atoms with Gasteiger partial charge in [0.15, 0.2) is 0 Å². The number of nitrogens with zero attached hydrogens (tertiary/aromatic N) is 2. The van der Waals surface area contributed by atoms with Gasteiger partial charge in [-0.25, -0.2) is 4.90 Å². The first-order chi connectivity index (χ1) is 15.5. The molecular formula is C26H24N2O3S. The van der Waals surface area contributed by atoms with E-state index >= 15 is 0 Å². The van der Waals surface area contributed by atoms with Crippen molar-refractivity contribution >= 4 is 40.5 Å². The van der Waals surface area contributed by atoms with E-state index in [1.807, 2.05) is 92.6 Å². The number of ether oxygens (including phenoxy) is 1. The van der Waals surface area contributed by atoms with Crippen LogP contribution in [0.1, 0.15) is 12.5 Å². The van der Waals surface area contributed by atoms with Crippen molar-refractivity contribution in [3.63, 3.8) is 0 Å². The number of hydrogen-bond acceptors (Lipinski definition) is 5. The van der Waals surface area contributed by atoms with Gasteiger partial charge in [0.1, 0.15) is 5.75 Å². The minimum Gasteiger partial charge on any atom is -0.494 e. The maximum absolute atomic E-state index is 13.5. The zero-order valence-corrected chi connectivity index (χ0v) is 19.1. The molecule has 162 valence electrons. The molecule has 3 aromatic rings. The van der Waals surface area contributed by atoms with Crippen LogP contribution < -0.4 is 14.5 Å². The van der Waals surface area contributed by atoms with Crippen LogP contribution in [0.3, 0.4) is 0 Å². The molecule has 4 rings (SSSR count). The summed E-state index contributed by atoms with van der Waals surface area (Å²) in [6.07, 6.45) is 0. The number of rotatable bonds is 7. The monoisotopic (exact) mass is 444 g/mol. The van der Waals surface area contributed by atoms with E-state index in [1.165, 1.54) is 16.7 Å². The second kappa shape index (κ2) is 9.32. The highest BCUT2D eigenvalue weighted by molar-refractivity contribution is 8.04. The van der Waals surface area contributed by atoms with Gasteiger partial charge in [0.05, 0.1) is 22.8 Å². The molecule has 0 N–H and O–H groups in total. The van der Waals surface area contributed by atoms with Crippen LogP contribution in [0.4, 0.5) is 11.4 Å². The average Bonchev–Trinajstić information content (AvgIpc) is 3.04. The Morgan fingerprint density at radius 2 is 1.50 bits per heavy atom. The smallest absolute Gasteiger partial charge is 0.272 e. The fourth-order valence-electron chi connectivity index (χ4n) is 3.48. The van der Waals surface area contributed by atoms with Crippen LogP contribution >= 0.6 is 11.8 Å². The molecule has 0 radical (unpaired) electrons. The summed E-state index contributed by atoms with van der Waals surface area (Å²) in [5, 5.41) is 0. The molecule has 0 aliphatic carbocycles. The third-order valence-electron chi connectivity index (χ3n) is 5.08. The maximum atomic E-state index is 13.5. The van der Waals surface area contributed by atoms with E-state index in [-0.39, 0.29) is 11.8 Å². The van der Waals surface area contributed by atoms with Crippen molar-refractivity contribution in [2.45, 2.75) is 11.8 Å². The zero-order valence-electron chi connectivity index (χ0n) is 18.2. The van der Waals surface area contributed by atoms with Gasteiger partial charge in [-0.1, -0.05) is 42.1 Å². The van der Waals surface area contributed by atoms with Crippen LogP contribution in [0.5, 0.6) is 5.75 Å². The summed E-state index contributed by atoms with van der Waals surface area (Å²) in [6.45, 7) is 2.48. The van der Waals surface area contributed by atoms with Gasteiger partial charge in [-0.2, -0.15) is 0 Å². The number of carbonyl (C=O) groups excluding carboxylic acids is 2. The number of hydrogen-bond donors (Lipinski definition) is 0. The predicted octanol–water partition coefficient (Wildman–Crippen LogP) is 5.23. The molecule has 5 nitrogen and oxygen atoms in total. The lowest BCUT2D eigenvalue weighted by molar-refractivity contribution is -0.119. The number of imide groups is 1. The number of anilines is 2. The second-order valence-electron chi connectivity index (χ2n) is 7.43. The van der Waals surface area contributed by atoms with Crippen molar-refractivity contribution < 1.29 is 14.3 Å². The van der Waals surface area contributed by atoms with Gasteiger partial charge in [-0.3, -0.25) is 9.59 Å². The Bertz CT molecular complexity index is 1150. The molecule has 0 bridgehead atoms. The standard InChI is InChI=1S/C26H24N2O3S/c1-4-31-21-16-10-18(11-17-21)23-24(32-22-8-6-5-7-9-22)26(30)28(25(23)29)20-14-12-19(13-15-20)27(2)3/h5-17H,4H2,1-3H3. The number of thioether (sulfide) groups is 1. The van der Waals surface area contributed by atoms with Crippen molar-refractivity contribution in [3.8, 4) is 5.75 Å². The van der Waals surface area contributed by atoms with Gasteiger partial charge in [0, 0.05) is 24.7 Å². The van der Waals surface area contributed by atoms with E-state index in [0.29, 0.717) is 28.3 Å². The third-order valence-corrected chi connectivity index (χ3v) is 6.17. The van der Waals surface area contributed by atoms with Gasteiger partial charge in [0.2, 0.25) is 0 Å². The van der Waals surface area contributed by atoms with E-state index in [0.717, 1.165) is 16.3 Å². The Labute approximate surface area is 192 Å². The predicted molar refractivity (Wildman–Crippen MR) is 130 cm³/mol. The first-order valence-electron chi connectivity index (χ1n) is 10.4. The molecule has 3 aromatic carbocycles. The van der Waals surface area contributed by atoms with Gasteiger partial charge in [0.25, 0.3) is 11.8 Å². The maximum Gasteiger partial charge on any atom is 0.272 e. The molecule has 1 aliphatic rings. The van der Waals surface area contributed by atoms with Crippen molar-refractivity contribution in [2.24, 2.45) is 0 Å². The van der Waals surface area contributed by atoms with E-state index in [4.69, 9.17) is 4.74 Å². The minimum absolute atomic E-state index is 0.314. The van der Waals surface area contributed by atoms with E-state index in [9.17, 15) is 9.59 Å². The first-order valence-corrected chi connectivity index (χ1v) is 11.2. The van der Waals surface area contributed by atoms with E-state index in [2.05, 4.69) is 0 Å². The Balaban J connectivity index is 1.75. The Morgan fingerprint density at radius 3 is 2.09 bits per heavy atom. The summed E-state index contributed by atoms with van der Waals surface area (Å²) in [4.78, 5) is 31.6. The molecule has 0 unspecified atom stereocenters. The van der Waals surface area contributed by atoms with E-state index in [1.54, 1.807) is 12.1 Å².